The van der Waals surface area contributed by atoms with E-state index in [-0.39, 0.29) is 23.6 Å². The van der Waals surface area contributed by atoms with Gasteiger partial charge in [0.2, 0.25) is 0 Å². The molecule has 3 rings (SSSR count). The Labute approximate surface area is 190 Å². The summed E-state index contributed by atoms with van der Waals surface area (Å²) in [5, 5.41) is 5.47. The van der Waals surface area contributed by atoms with Gasteiger partial charge in [0.1, 0.15) is 5.69 Å². The van der Waals surface area contributed by atoms with Crippen LogP contribution in [0.2, 0.25) is 18.1 Å². The molecule has 3 aromatic rings. The van der Waals surface area contributed by atoms with Crippen LogP contribution in [0.15, 0.2) is 54.7 Å². The van der Waals surface area contributed by atoms with Gasteiger partial charge in [0.05, 0.1) is 20.8 Å². The second-order valence-electron chi connectivity index (χ2n) is 10.1. The molecule has 0 aliphatic carbocycles. The zero-order valence-electron chi connectivity index (χ0n) is 19.8. The van der Waals surface area contributed by atoms with E-state index in [1.807, 2.05) is 42.5 Å². The Balaban J connectivity index is 2.00. The molecule has 0 radical (unpaired) electrons. The van der Waals surface area contributed by atoms with E-state index in [1.54, 1.807) is 0 Å². The molecule has 0 bridgehead atoms. The minimum atomic E-state index is -4.47. The number of aryl methyl sites for hydroxylation is 1. The highest BCUT2D eigenvalue weighted by Gasteiger charge is 2.40. The fraction of sp³-hybridized carbons (Fsp3) is 0.423. The predicted molar refractivity (Wildman–Crippen MR) is 128 cm³/mol. The maximum atomic E-state index is 14.1. The standard InChI is InChI=1S/C26H33F3N2Si/c1-7-19-12-14-20(15-13-19)16-22-17-30-31(24(22)26(27,28)29)18-21-10-8-9-11-23(21)32(5,6)25(2,3)4/h8-15,17H,7,16,18H2,1-6H3. The van der Waals surface area contributed by atoms with Gasteiger partial charge in [-0.25, -0.2) is 0 Å². The van der Waals surface area contributed by atoms with Crippen molar-refractivity contribution in [1.82, 2.24) is 9.78 Å². The Morgan fingerprint density at radius 3 is 2.03 bits per heavy atom. The monoisotopic (exact) mass is 458 g/mol. The van der Waals surface area contributed by atoms with Crippen LogP contribution in [0, 0.1) is 0 Å². The molecular formula is C26H33F3N2Si. The quantitative estimate of drug-likeness (QED) is 0.371. The molecule has 0 saturated carbocycles. The normalized spacial score (nSPS) is 12.9. The minimum Gasteiger partial charge on any atom is -0.256 e. The lowest BCUT2D eigenvalue weighted by molar-refractivity contribution is -0.144. The van der Waals surface area contributed by atoms with E-state index in [4.69, 9.17) is 0 Å². The first-order valence-electron chi connectivity index (χ1n) is 11.1. The highest BCUT2D eigenvalue weighted by atomic mass is 28.3. The Bertz CT molecular complexity index is 1060. The van der Waals surface area contributed by atoms with E-state index >= 15 is 0 Å². The van der Waals surface area contributed by atoms with Gasteiger partial charge in [0.25, 0.3) is 0 Å². The van der Waals surface area contributed by atoms with Crippen molar-refractivity contribution in [1.29, 1.82) is 0 Å². The molecule has 0 unspecified atom stereocenters. The molecule has 0 spiro atoms. The molecule has 0 saturated heterocycles. The van der Waals surface area contributed by atoms with E-state index in [2.05, 4.69) is 52.0 Å². The third-order valence-corrected chi connectivity index (χ3v) is 12.5. The topological polar surface area (TPSA) is 17.8 Å². The zero-order valence-corrected chi connectivity index (χ0v) is 20.8. The van der Waals surface area contributed by atoms with Gasteiger partial charge in [-0.15, -0.1) is 0 Å². The molecule has 0 aliphatic rings. The van der Waals surface area contributed by atoms with Crippen molar-refractivity contribution in [2.75, 3.05) is 0 Å². The zero-order chi connectivity index (χ0) is 23.7. The molecular weight excluding hydrogens is 425 g/mol. The van der Waals surface area contributed by atoms with Crippen LogP contribution in [0.5, 0.6) is 0 Å². The third-order valence-electron chi connectivity index (χ3n) is 6.90. The summed E-state index contributed by atoms with van der Waals surface area (Å²) >= 11 is 0. The fourth-order valence-electron chi connectivity index (χ4n) is 3.95. The molecule has 0 aliphatic heterocycles. The largest absolute Gasteiger partial charge is 0.433 e. The van der Waals surface area contributed by atoms with Gasteiger partial charge in [-0.2, -0.15) is 18.3 Å². The first kappa shape index (κ1) is 24.3. The first-order valence-corrected chi connectivity index (χ1v) is 14.1. The van der Waals surface area contributed by atoms with Gasteiger partial charge in [-0.1, -0.05) is 94.5 Å². The third kappa shape index (κ3) is 5.01. The van der Waals surface area contributed by atoms with Crippen molar-refractivity contribution in [3.8, 4) is 0 Å². The molecule has 172 valence electrons. The van der Waals surface area contributed by atoms with Gasteiger partial charge in [0.15, 0.2) is 0 Å². The van der Waals surface area contributed by atoms with Crippen molar-refractivity contribution in [2.45, 2.75) is 71.4 Å². The average molecular weight is 459 g/mol. The summed E-state index contributed by atoms with van der Waals surface area (Å²) < 4.78 is 43.6. The molecule has 0 atom stereocenters. The van der Waals surface area contributed by atoms with Crippen LogP contribution >= 0.6 is 0 Å². The van der Waals surface area contributed by atoms with Crippen LogP contribution in [0.3, 0.4) is 0 Å². The van der Waals surface area contributed by atoms with Crippen molar-refractivity contribution in [3.05, 3.63) is 82.7 Å². The van der Waals surface area contributed by atoms with E-state index in [0.29, 0.717) is 0 Å². The van der Waals surface area contributed by atoms with E-state index < -0.39 is 19.9 Å². The lowest BCUT2D eigenvalue weighted by atomic mass is 10.0. The highest BCUT2D eigenvalue weighted by Crippen LogP contribution is 2.37. The SMILES string of the molecule is CCc1ccc(Cc2cnn(Cc3ccccc3[Si](C)(C)C(C)(C)C)c2C(F)(F)F)cc1. The van der Waals surface area contributed by atoms with Crippen molar-refractivity contribution >= 4 is 13.3 Å². The van der Waals surface area contributed by atoms with Crippen LogP contribution in [-0.2, 0) is 25.6 Å². The summed E-state index contributed by atoms with van der Waals surface area (Å²) in [5.74, 6) is 0. The molecule has 1 heterocycles. The predicted octanol–water partition coefficient (Wildman–Crippen LogP) is 6.82. The van der Waals surface area contributed by atoms with E-state index in [0.717, 1.165) is 22.2 Å². The maximum Gasteiger partial charge on any atom is 0.433 e. The number of nitrogens with zero attached hydrogens (tertiary/aromatic N) is 2. The molecule has 2 aromatic carbocycles. The molecule has 6 heteroatoms. The molecule has 32 heavy (non-hydrogen) atoms. The second-order valence-corrected chi connectivity index (χ2v) is 15.3. The fourth-order valence-corrected chi connectivity index (χ4v) is 6.23. The van der Waals surface area contributed by atoms with Crippen LogP contribution in [0.4, 0.5) is 13.2 Å². The molecule has 0 N–H and O–H groups in total. The lowest BCUT2D eigenvalue weighted by Gasteiger charge is -2.38. The average Bonchev–Trinajstić information content (AvgIpc) is 3.10. The number of aromatic nitrogens is 2. The Hall–Kier alpha value is -2.34. The lowest BCUT2D eigenvalue weighted by Crippen LogP contribution is -2.51. The Kier molecular flexibility index (Phi) is 6.75. The summed E-state index contributed by atoms with van der Waals surface area (Å²) in [6.45, 7) is 13.4. The van der Waals surface area contributed by atoms with Crippen LogP contribution < -0.4 is 5.19 Å². The number of hydrogen-bond donors (Lipinski definition) is 0. The molecule has 2 nitrogen and oxygen atoms in total. The Morgan fingerprint density at radius 1 is 0.875 bits per heavy atom. The Morgan fingerprint density at radius 2 is 1.47 bits per heavy atom. The summed E-state index contributed by atoms with van der Waals surface area (Å²) in [6, 6.07) is 15.7. The summed E-state index contributed by atoms with van der Waals surface area (Å²) in [6.07, 6.45) is -1.98. The number of benzene rings is 2. The number of alkyl halides is 3. The summed E-state index contributed by atoms with van der Waals surface area (Å²) in [4.78, 5) is 0. The number of hydrogen-bond acceptors (Lipinski definition) is 1. The summed E-state index contributed by atoms with van der Waals surface area (Å²) in [5.41, 5.74) is 2.51. The van der Waals surface area contributed by atoms with Gasteiger partial charge in [-0.05, 0) is 28.1 Å². The van der Waals surface area contributed by atoms with Crippen LogP contribution in [-0.4, -0.2) is 17.9 Å². The maximum absolute atomic E-state index is 14.1. The van der Waals surface area contributed by atoms with Gasteiger partial charge in [0, 0.05) is 12.0 Å². The van der Waals surface area contributed by atoms with E-state index in [1.165, 1.54) is 16.9 Å². The van der Waals surface area contributed by atoms with Crippen molar-refractivity contribution in [2.24, 2.45) is 0 Å². The smallest absolute Gasteiger partial charge is 0.256 e. The van der Waals surface area contributed by atoms with Gasteiger partial charge in [-0.3, -0.25) is 4.68 Å². The van der Waals surface area contributed by atoms with Crippen molar-refractivity contribution < 1.29 is 13.2 Å². The summed E-state index contributed by atoms with van der Waals surface area (Å²) in [7, 11) is -1.93. The van der Waals surface area contributed by atoms with Crippen LogP contribution in [0.1, 0.15) is 55.6 Å². The van der Waals surface area contributed by atoms with Crippen molar-refractivity contribution in [3.63, 3.8) is 0 Å². The molecule has 0 fully saturated rings. The van der Waals surface area contributed by atoms with Gasteiger partial charge >= 0.3 is 6.18 Å². The van der Waals surface area contributed by atoms with Crippen LogP contribution in [0.25, 0.3) is 0 Å². The van der Waals surface area contributed by atoms with E-state index in [9.17, 15) is 13.2 Å². The van der Waals surface area contributed by atoms with Gasteiger partial charge < -0.3 is 0 Å². The first-order chi connectivity index (χ1) is 14.8. The molecule has 0 amide bonds. The highest BCUT2D eigenvalue weighted by molar-refractivity contribution is 6.92. The number of halogens is 3. The number of rotatable bonds is 6. The minimum absolute atomic E-state index is 0.0793. The molecule has 1 aromatic heterocycles. The second kappa shape index (κ2) is 8.89.